The minimum atomic E-state index is 0.245. The molecule has 82 valence electrons. The van der Waals surface area contributed by atoms with Gasteiger partial charge in [-0.2, -0.15) is 0 Å². The number of halogens is 1. The van der Waals surface area contributed by atoms with Crippen LogP contribution in [-0.4, -0.2) is 19.3 Å². The van der Waals surface area contributed by atoms with Crippen molar-refractivity contribution in [2.45, 2.75) is 18.9 Å². The quantitative estimate of drug-likeness (QED) is 0.838. The van der Waals surface area contributed by atoms with Gasteiger partial charge in [0.25, 0.3) is 0 Å². The van der Waals surface area contributed by atoms with E-state index in [4.69, 9.17) is 22.1 Å². The lowest BCUT2D eigenvalue weighted by Gasteiger charge is -2.28. The van der Waals surface area contributed by atoms with Crippen molar-refractivity contribution >= 4 is 11.6 Å². The first-order chi connectivity index (χ1) is 7.27. The summed E-state index contributed by atoms with van der Waals surface area (Å²) in [6.45, 7) is 1.55. The highest BCUT2D eigenvalue weighted by atomic mass is 35.5. The molecule has 1 aliphatic rings. The molecule has 1 aliphatic heterocycles. The van der Waals surface area contributed by atoms with Crippen LogP contribution in [0, 0.1) is 5.92 Å². The van der Waals surface area contributed by atoms with E-state index in [9.17, 15) is 0 Å². The lowest BCUT2D eigenvalue weighted by Crippen LogP contribution is -2.39. The van der Waals surface area contributed by atoms with Crippen LogP contribution in [0.25, 0.3) is 0 Å². The van der Waals surface area contributed by atoms with Crippen LogP contribution in [-0.2, 0) is 11.2 Å². The highest BCUT2D eigenvalue weighted by Gasteiger charge is 2.23. The number of rotatable bonds is 2. The van der Waals surface area contributed by atoms with Crippen molar-refractivity contribution in [3.05, 3.63) is 34.9 Å². The van der Waals surface area contributed by atoms with E-state index in [1.165, 1.54) is 5.56 Å². The average molecular weight is 226 g/mol. The molecule has 1 saturated heterocycles. The molecule has 0 radical (unpaired) electrons. The second-order valence-corrected chi connectivity index (χ2v) is 4.49. The monoisotopic (exact) mass is 225 g/mol. The first-order valence-corrected chi connectivity index (χ1v) is 5.72. The van der Waals surface area contributed by atoms with Gasteiger partial charge in [-0.25, -0.2) is 0 Å². The third-order valence-electron chi connectivity index (χ3n) is 2.97. The molecular weight excluding hydrogens is 210 g/mol. The van der Waals surface area contributed by atoms with Gasteiger partial charge in [0.05, 0.1) is 6.61 Å². The molecule has 0 aromatic heterocycles. The van der Waals surface area contributed by atoms with E-state index in [1.807, 2.05) is 18.2 Å². The standard InChI is InChI=1S/C12H16ClNO/c13-11-4-2-1-3-9(11)7-10-8-15-6-5-12(10)14/h1-4,10,12H,5-8,14H2/t10-,12-/m1/s1. The molecule has 0 amide bonds. The highest BCUT2D eigenvalue weighted by Crippen LogP contribution is 2.23. The summed E-state index contributed by atoms with van der Waals surface area (Å²) in [5.74, 6) is 0.402. The second-order valence-electron chi connectivity index (χ2n) is 4.08. The summed E-state index contributed by atoms with van der Waals surface area (Å²) in [5.41, 5.74) is 7.23. The zero-order chi connectivity index (χ0) is 10.7. The fraction of sp³-hybridized carbons (Fsp3) is 0.500. The largest absolute Gasteiger partial charge is 0.381 e. The maximum absolute atomic E-state index is 6.11. The number of benzene rings is 1. The van der Waals surface area contributed by atoms with Crippen LogP contribution >= 0.6 is 11.6 Å². The Kier molecular flexibility index (Phi) is 3.62. The summed E-state index contributed by atoms with van der Waals surface area (Å²) in [5, 5.41) is 0.829. The van der Waals surface area contributed by atoms with Crippen LogP contribution in [0.1, 0.15) is 12.0 Å². The Balaban J connectivity index is 2.04. The van der Waals surface area contributed by atoms with Gasteiger partial charge in [-0.15, -0.1) is 0 Å². The molecular formula is C12H16ClNO. The number of nitrogens with two attached hydrogens (primary N) is 1. The fourth-order valence-corrected chi connectivity index (χ4v) is 2.18. The van der Waals surface area contributed by atoms with Gasteiger partial charge in [-0.3, -0.25) is 0 Å². The van der Waals surface area contributed by atoms with E-state index < -0.39 is 0 Å². The molecule has 2 N–H and O–H groups in total. The Morgan fingerprint density at radius 2 is 2.20 bits per heavy atom. The van der Waals surface area contributed by atoms with Crippen LogP contribution in [0.5, 0.6) is 0 Å². The van der Waals surface area contributed by atoms with Crippen LogP contribution in [0.3, 0.4) is 0 Å². The van der Waals surface area contributed by atoms with Crippen molar-refractivity contribution in [2.75, 3.05) is 13.2 Å². The van der Waals surface area contributed by atoms with E-state index in [0.29, 0.717) is 5.92 Å². The van der Waals surface area contributed by atoms with Crippen LogP contribution in [0.4, 0.5) is 0 Å². The summed E-state index contributed by atoms with van der Waals surface area (Å²) in [6, 6.07) is 8.19. The van der Waals surface area contributed by atoms with Gasteiger partial charge in [0, 0.05) is 23.6 Å². The van der Waals surface area contributed by atoms with Crippen molar-refractivity contribution in [3.63, 3.8) is 0 Å². The first kappa shape index (κ1) is 10.9. The van der Waals surface area contributed by atoms with Gasteiger partial charge in [0.2, 0.25) is 0 Å². The SMILES string of the molecule is N[C@@H]1CCOC[C@H]1Cc1ccccc1Cl. The maximum Gasteiger partial charge on any atom is 0.0512 e. The molecule has 2 nitrogen and oxygen atoms in total. The molecule has 1 heterocycles. The van der Waals surface area contributed by atoms with Crippen LogP contribution in [0.15, 0.2) is 24.3 Å². The van der Waals surface area contributed by atoms with Gasteiger partial charge in [0.1, 0.15) is 0 Å². The molecule has 2 atom stereocenters. The van der Waals surface area contributed by atoms with E-state index in [1.54, 1.807) is 0 Å². The zero-order valence-corrected chi connectivity index (χ0v) is 9.41. The second kappa shape index (κ2) is 4.97. The number of hydrogen-bond donors (Lipinski definition) is 1. The van der Waals surface area contributed by atoms with Crippen LogP contribution in [0.2, 0.25) is 5.02 Å². The lowest BCUT2D eigenvalue weighted by atomic mass is 9.90. The molecule has 0 spiro atoms. The van der Waals surface area contributed by atoms with Crippen molar-refractivity contribution in [3.8, 4) is 0 Å². The molecule has 0 aliphatic carbocycles. The molecule has 0 bridgehead atoms. The Hall–Kier alpha value is -0.570. The van der Waals surface area contributed by atoms with Crippen molar-refractivity contribution in [2.24, 2.45) is 11.7 Å². The molecule has 1 aromatic carbocycles. The van der Waals surface area contributed by atoms with Gasteiger partial charge in [0.15, 0.2) is 0 Å². The highest BCUT2D eigenvalue weighted by molar-refractivity contribution is 6.31. The predicted molar refractivity (Wildman–Crippen MR) is 62.1 cm³/mol. The summed E-state index contributed by atoms with van der Waals surface area (Å²) < 4.78 is 5.44. The van der Waals surface area contributed by atoms with Crippen molar-refractivity contribution < 1.29 is 4.74 Å². The predicted octanol–water partition coefficient (Wildman–Crippen LogP) is 2.25. The summed E-state index contributed by atoms with van der Waals surface area (Å²) in [7, 11) is 0. The summed E-state index contributed by atoms with van der Waals surface area (Å²) in [4.78, 5) is 0. The Morgan fingerprint density at radius 3 is 2.93 bits per heavy atom. The summed E-state index contributed by atoms with van der Waals surface area (Å²) in [6.07, 6.45) is 1.87. The van der Waals surface area contributed by atoms with E-state index >= 15 is 0 Å². The topological polar surface area (TPSA) is 35.2 Å². The van der Waals surface area contributed by atoms with Crippen molar-refractivity contribution in [1.82, 2.24) is 0 Å². The van der Waals surface area contributed by atoms with Gasteiger partial charge >= 0.3 is 0 Å². The molecule has 1 fully saturated rings. The van der Waals surface area contributed by atoms with E-state index in [2.05, 4.69) is 6.07 Å². The van der Waals surface area contributed by atoms with Gasteiger partial charge in [-0.05, 0) is 24.5 Å². The smallest absolute Gasteiger partial charge is 0.0512 e. The third-order valence-corrected chi connectivity index (χ3v) is 3.34. The molecule has 15 heavy (non-hydrogen) atoms. The van der Waals surface area contributed by atoms with E-state index in [0.717, 1.165) is 31.1 Å². The number of ether oxygens (including phenoxy) is 1. The zero-order valence-electron chi connectivity index (χ0n) is 8.66. The Labute approximate surface area is 95.4 Å². The fourth-order valence-electron chi connectivity index (χ4n) is 1.97. The normalized spacial score (nSPS) is 26.5. The minimum Gasteiger partial charge on any atom is -0.381 e. The van der Waals surface area contributed by atoms with Crippen LogP contribution < -0.4 is 5.73 Å². The molecule has 0 unspecified atom stereocenters. The molecule has 3 heteroatoms. The molecule has 2 rings (SSSR count). The van der Waals surface area contributed by atoms with Crippen molar-refractivity contribution in [1.29, 1.82) is 0 Å². The van der Waals surface area contributed by atoms with Gasteiger partial charge in [-0.1, -0.05) is 29.8 Å². The lowest BCUT2D eigenvalue weighted by molar-refractivity contribution is 0.0422. The average Bonchev–Trinajstić information content (AvgIpc) is 2.24. The number of hydrogen-bond acceptors (Lipinski definition) is 2. The molecule has 1 aromatic rings. The third kappa shape index (κ3) is 2.71. The maximum atomic E-state index is 6.11. The first-order valence-electron chi connectivity index (χ1n) is 5.34. The Bertz CT molecular complexity index is 329. The van der Waals surface area contributed by atoms with Gasteiger partial charge < -0.3 is 10.5 Å². The summed E-state index contributed by atoms with van der Waals surface area (Å²) >= 11 is 6.11. The molecule has 0 saturated carbocycles. The van der Waals surface area contributed by atoms with E-state index in [-0.39, 0.29) is 6.04 Å². The Morgan fingerprint density at radius 1 is 1.40 bits per heavy atom. The minimum absolute atomic E-state index is 0.245.